The van der Waals surface area contributed by atoms with Gasteiger partial charge in [0.05, 0.1) is 4.90 Å². The summed E-state index contributed by atoms with van der Waals surface area (Å²) in [5, 5.41) is 0. The first-order valence-corrected chi connectivity index (χ1v) is 11.2. The summed E-state index contributed by atoms with van der Waals surface area (Å²) in [6.45, 7) is 0. The number of benzene rings is 4. The lowest BCUT2D eigenvalue weighted by Crippen LogP contribution is -2.04. The normalized spacial score (nSPS) is 10.9. The molecule has 31 heavy (non-hydrogen) atoms. The minimum absolute atomic E-state index is 0.0146. The molecule has 0 aliphatic heterocycles. The Morgan fingerprint density at radius 2 is 1.00 bits per heavy atom. The molecule has 0 spiro atoms. The van der Waals surface area contributed by atoms with Crippen LogP contribution in [-0.2, 0) is 9.84 Å². The maximum absolute atomic E-state index is 13.6. The van der Waals surface area contributed by atoms with Crippen molar-refractivity contribution in [2.75, 3.05) is 0 Å². The second-order valence-corrected chi connectivity index (χ2v) is 8.77. The highest BCUT2D eigenvalue weighted by molar-refractivity contribution is 8.00. The first kappa shape index (κ1) is 20.5. The van der Waals surface area contributed by atoms with Crippen LogP contribution < -0.4 is 0 Å². The summed E-state index contributed by atoms with van der Waals surface area (Å²) in [7, 11) is -3.96. The van der Waals surface area contributed by atoms with E-state index >= 15 is 0 Å². The molecule has 0 saturated heterocycles. The molecule has 0 fully saturated rings. The predicted molar refractivity (Wildman–Crippen MR) is 122 cm³/mol. The Hall–Kier alpha value is -3.72. The van der Waals surface area contributed by atoms with Gasteiger partial charge in [-0.1, -0.05) is 96.7 Å². The van der Waals surface area contributed by atoms with Crippen molar-refractivity contribution in [2.45, 2.75) is 4.90 Å². The lowest BCUT2D eigenvalue weighted by Gasteiger charge is -2.10. The van der Waals surface area contributed by atoms with Gasteiger partial charge in [-0.05, 0) is 35.4 Å². The topological polar surface area (TPSA) is 34.1 Å². The molecule has 0 aromatic heterocycles. The molecule has 4 heteroatoms. The van der Waals surface area contributed by atoms with Crippen molar-refractivity contribution in [2.24, 2.45) is 0 Å². The van der Waals surface area contributed by atoms with E-state index in [0.717, 1.165) is 23.3 Å². The molecule has 0 heterocycles. The van der Waals surface area contributed by atoms with Crippen LogP contribution in [0.15, 0.2) is 126 Å². The van der Waals surface area contributed by atoms with Gasteiger partial charge in [0.2, 0.25) is 9.84 Å². The highest BCUT2D eigenvalue weighted by Gasteiger charge is 2.23. The summed E-state index contributed by atoms with van der Waals surface area (Å²) in [6.07, 6.45) is 0. The monoisotopic (exact) mass is 426 g/mol. The molecule has 2 nitrogen and oxygen atoms in total. The maximum Gasteiger partial charge on any atom is 0.214 e. The molecule has 0 aliphatic carbocycles. The van der Waals surface area contributed by atoms with E-state index in [9.17, 15) is 12.8 Å². The number of hydrogen-bond acceptors (Lipinski definition) is 2. The van der Waals surface area contributed by atoms with Crippen molar-refractivity contribution in [3.63, 3.8) is 0 Å². The molecular formula is C27H19FO2S. The average Bonchev–Trinajstić information content (AvgIpc) is 2.81. The van der Waals surface area contributed by atoms with Gasteiger partial charge in [0, 0.05) is 11.1 Å². The highest BCUT2D eigenvalue weighted by atomic mass is 32.2. The van der Waals surface area contributed by atoms with Crippen LogP contribution in [0.5, 0.6) is 0 Å². The predicted octanol–water partition coefficient (Wildman–Crippen LogP) is 6.37. The van der Waals surface area contributed by atoms with Crippen LogP contribution in [0, 0.1) is 5.82 Å². The third-order valence-corrected chi connectivity index (χ3v) is 6.56. The van der Waals surface area contributed by atoms with Crippen LogP contribution in [0.25, 0.3) is 10.5 Å². The van der Waals surface area contributed by atoms with Crippen molar-refractivity contribution in [3.05, 3.63) is 143 Å². The van der Waals surface area contributed by atoms with E-state index in [2.05, 4.69) is 5.73 Å². The summed E-state index contributed by atoms with van der Waals surface area (Å²) < 4.78 is 40.6. The first-order chi connectivity index (χ1) is 15.1. The fourth-order valence-electron chi connectivity index (χ4n) is 3.25. The molecule has 4 aromatic rings. The van der Waals surface area contributed by atoms with Crippen LogP contribution in [0.3, 0.4) is 0 Å². The number of halogens is 1. The van der Waals surface area contributed by atoms with Crippen LogP contribution >= 0.6 is 0 Å². The Bertz CT molecular complexity index is 1300. The van der Waals surface area contributed by atoms with Gasteiger partial charge in [0.1, 0.15) is 10.7 Å². The largest absolute Gasteiger partial charge is 0.218 e. The van der Waals surface area contributed by atoms with E-state index in [-0.39, 0.29) is 9.80 Å². The highest BCUT2D eigenvalue weighted by Crippen LogP contribution is 2.31. The molecule has 0 bridgehead atoms. The second-order valence-electron chi connectivity index (χ2n) is 6.88. The Labute approximate surface area is 181 Å². The Balaban J connectivity index is 2.08. The van der Waals surface area contributed by atoms with Crippen molar-refractivity contribution >= 4 is 20.3 Å². The van der Waals surface area contributed by atoms with Gasteiger partial charge < -0.3 is 0 Å². The molecule has 0 aliphatic rings. The fraction of sp³-hybridized carbons (Fsp3) is 0. The van der Waals surface area contributed by atoms with Crippen molar-refractivity contribution < 1.29 is 12.8 Å². The molecule has 0 N–H and O–H groups in total. The van der Waals surface area contributed by atoms with Crippen LogP contribution in [-0.4, -0.2) is 8.42 Å². The molecule has 0 radical (unpaired) electrons. The average molecular weight is 427 g/mol. The van der Waals surface area contributed by atoms with E-state index in [1.165, 1.54) is 12.1 Å². The van der Waals surface area contributed by atoms with Gasteiger partial charge in [0.25, 0.3) is 0 Å². The third-order valence-electron chi connectivity index (χ3n) is 4.79. The van der Waals surface area contributed by atoms with Gasteiger partial charge in [-0.2, -0.15) is 0 Å². The van der Waals surface area contributed by atoms with Crippen molar-refractivity contribution in [1.82, 2.24) is 0 Å². The van der Waals surface area contributed by atoms with Gasteiger partial charge in [-0.25, -0.2) is 12.8 Å². The van der Waals surface area contributed by atoms with Gasteiger partial charge >= 0.3 is 0 Å². The zero-order valence-corrected chi connectivity index (χ0v) is 17.4. The van der Waals surface area contributed by atoms with Crippen LogP contribution in [0.1, 0.15) is 16.7 Å². The first-order valence-electron chi connectivity index (χ1n) is 9.73. The summed E-state index contributed by atoms with van der Waals surface area (Å²) in [5.41, 5.74) is 6.06. The van der Waals surface area contributed by atoms with Crippen LogP contribution in [0.4, 0.5) is 4.39 Å². The number of hydrogen-bond donors (Lipinski definition) is 0. The molecule has 0 atom stereocenters. The smallest absolute Gasteiger partial charge is 0.214 e. The third kappa shape index (κ3) is 4.56. The SMILES string of the molecule is O=S(=O)(C(=C=C(c1ccccc1)c1ccccc1)c1ccccc1)c1ccc(F)cc1. The molecule has 4 aromatic carbocycles. The number of rotatable bonds is 5. The molecule has 4 rings (SSSR count). The van der Waals surface area contributed by atoms with Gasteiger partial charge in [-0.15, -0.1) is 0 Å². The zero-order chi connectivity index (χ0) is 21.7. The molecular weight excluding hydrogens is 407 g/mol. The molecule has 0 amide bonds. The summed E-state index contributed by atoms with van der Waals surface area (Å²) in [5.74, 6) is -0.492. The van der Waals surface area contributed by atoms with E-state index < -0.39 is 15.7 Å². The minimum Gasteiger partial charge on any atom is -0.218 e. The number of sulfone groups is 1. The zero-order valence-electron chi connectivity index (χ0n) is 16.6. The Morgan fingerprint density at radius 1 is 0.581 bits per heavy atom. The molecule has 0 saturated carbocycles. The molecule has 152 valence electrons. The lowest BCUT2D eigenvalue weighted by molar-refractivity contribution is 0.604. The second kappa shape index (κ2) is 8.97. The maximum atomic E-state index is 13.6. The Morgan fingerprint density at radius 3 is 1.45 bits per heavy atom. The van der Waals surface area contributed by atoms with Crippen molar-refractivity contribution in [3.8, 4) is 0 Å². The molecule has 0 unspecified atom stereocenters. The van der Waals surface area contributed by atoms with E-state index in [1.54, 1.807) is 24.3 Å². The van der Waals surface area contributed by atoms with E-state index in [4.69, 9.17) is 0 Å². The summed E-state index contributed by atoms with van der Waals surface area (Å²) in [6, 6.07) is 32.8. The van der Waals surface area contributed by atoms with E-state index in [0.29, 0.717) is 11.1 Å². The quantitative estimate of drug-likeness (QED) is 0.274. The standard InChI is InChI=1S/C27H19FO2S/c28-24-16-18-25(19-17-24)31(29,30)27(23-14-8-3-9-15-23)20-26(21-10-4-1-5-11-21)22-12-6-2-7-13-22/h1-19H. The minimum atomic E-state index is -3.96. The summed E-state index contributed by atoms with van der Waals surface area (Å²) in [4.78, 5) is 0.0446. The summed E-state index contributed by atoms with van der Waals surface area (Å²) >= 11 is 0. The van der Waals surface area contributed by atoms with Gasteiger partial charge in [-0.3, -0.25) is 0 Å². The van der Waals surface area contributed by atoms with E-state index in [1.807, 2.05) is 66.7 Å². The van der Waals surface area contributed by atoms with Crippen molar-refractivity contribution in [1.29, 1.82) is 0 Å². The van der Waals surface area contributed by atoms with Gasteiger partial charge in [0.15, 0.2) is 0 Å². The lowest BCUT2D eigenvalue weighted by atomic mass is 9.98. The fourth-order valence-corrected chi connectivity index (χ4v) is 4.66. The Kier molecular flexibility index (Phi) is 5.94. The van der Waals surface area contributed by atoms with Crippen LogP contribution in [0.2, 0.25) is 0 Å².